The van der Waals surface area contributed by atoms with Crippen molar-refractivity contribution in [2.24, 2.45) is 0 Å². The number of hydrogen-bond acceptors (Lipinski definition) is 3. The van der Waals surface area contributed by atoms with Crippen LogP contribution in [0.25, 0.3) is 0 Å². The van der Waals surface area contributed by atoms with Crippen LogP contribution < -0.4 is 0 Å². The summed E-state index contributed by atoms with van der Waals surface area (Å²) in [6.07, 6.45) is 3.96. The lowest BCUT2D eigenvalue weighted by Gasteiger charge is -2.23. The van der Waals surface area contributed by atoms with Crippen molar-refractivity contribution in [2.75, 3.05) is 6.26 Å². The fraction of sp³-hybridized carbons (Fsp3) is 1.00. The fourth-order valence-electron chi connectivity index (χ4n) is 0.714. The summed E-state index contributed by atoms with van der Waals surface area (Å²) in [5.74, 6) is 0. The van der Waals surface area contributed by atoms with Gasteiger partial charge in [0.05, 0.1) is 12.4 Å². The van der Waals surface area contributed by atoms with Crippen LogP contribution in [-0.4, -0.2) is 20.8 Å². The Morgan fingerprint density at radius 3 is 2.11 bits per heavy atom. The summed E-state index contributed by atoms with van der Waals surface area (Å²) in [6, 6.07) is 0. The molecule has 4 heteroatoms. The maximum atomic E-state index is 10.4. The predicted molar refractivity (Wildman–Crippen MR) is 33.6 cm³/mol. The smallest absolute Gasteiger partial charge is 0.264 e. The molecular formula is C5H10O3S. The number of hydrogen-bond donors (Lipinski definition) is 0. The third-order valence-corrected chi connectivity index (χ3v) is 1.98. The van der Waals surface area contributed by atoms with Gasteiger partial charge >= 0.3 is 0 Å². The van der Waals surface area contributed by atoms with Crippen LogP contribution in [0.5, 0.6) is 0 Å². The van der Waals surface area contributed by atoms with Gasteiger partial charge in [-0.25, -0.2) is 0 Å². The summed E-state index contributed by atoms with van der Waals surface area (Å²) in [4.78, 5) is 0. The van der Waals surface area contributed by atoms with Crippen LogP contribution in [0, 0.1) is 0 Å². The first-order valence-electron chi connectivity index (χ1n) is 2.96. The topological polar surface area (TPSA) is 43.4 Å². The monoisotopic (exact) mass is 150 g/mol. The van der Waals surface area contributed by atoms with E-state index in [-0.39, 0.29) is 6.10 Å². The van der Waals surface area contributed by atoms with E-state index in [0.29, 0.717) is 0 Å². The van der Waals surface area contributed by atoms with Crippen LogP contribution in [0.2, 0.25) is 0 Å². The SMILES string of the molecule is CS(=O)(=O)OC1CCC1. The van der Waals surface area contributed by atoms with Gasteiger partial charge in [0.25, 0.3) is 10.1 Å². The number of rotatable bonds is 2. The molecule has 0 spiro atoms. The van der Waals surface area contributed by atoms with E-state index in [1.807, 2.05) is 0 Å². The van der Waals surface area contributed by atoms with Gasteiger partial charge in [-0.15, -0.1) is 0 Å². The van der Waals surface area contributed by atoms with E-state index in [2.05, 4.69) is 4.18 Å². The van der Waals surface area contributed by atoms with Crippen LogP contribution in [-0.2, 0) is 14.3 Å². The Labute approximate surface area is 55.1 Å². The molecule has 0 aromatic rings. The predicted octanol–water partition coefficient (Wildman–Crippen LogP) is 0.515. The van der Waals surface area contributed by atoms with Gasteiger partial charge < -0.3 is 0 Å². The van der Waals surface area contributed by atoms with Crippen LogP contribution in [0.4, 0.5) is 0 Å². The minimum absolute atomic E-state index is 0.0139. The van der Waals surface area contributed by atoms with Crippen LogP contribution in [0.3, 0.4) is 0 Å². The third kappa shape index (κ3) is 2.32. The standard InChI is InChI=1S/C5H10O3S/c1-9(6,7)8-5-3-2-4-5/h5H,2-4H2,1H3. The van der Waals surface area contributed by atoms with Crippen molar-refractivity contribution in [3.8, 4) is 0 Å². The second-order valence-corrected chi connectivity index (χ2v) is 3.95. The molecule has 1 saturated carbocycles. The zero-order valence-electron chi connectivity index (χ0n) is 5.33. The Kier molecular flexibility index (Phi) is 1.77. The largest absolute Gasteiger partial charge is 0.267 e. The van der Waals surface area contributed by atoms with Gasteiger partial charge in [-0.3, -0.25) is 4.18 Å². The van der Waals surface area contributed by atoms with Crippen molar-refractivity contribution in [3.63, 3.8) is 0 Å². The van der Waals surface area contributed by atoms with Crippen molar-refractivity contribution >= 4 is 10.1 Å². The molecule has 0 radical (unpaired) electrons. The highest BCUT2D eigenvalue weighted by Crippen LogP contribution is 2.22. The Bertz CT molecular complexity index is 178. The van der Waals surface area contributed by atoms with Gasteiger partial charge in [0.2, 0.25) is 0 Å². The highest BCUT2D eigenvalue weighted by atomic mass is 32.2. The van der Waals surface area contributed by atoms with Crippen LogP contribution >= 0.6 is 0 Å². The molecule has 0 heterocycles. The Morgan fingerprint density at radius 2 is 2.00 bits per heavy atom. The molecule has 0 bridgehead atoms. The highest BCUT2D eigenvalue weighted by Gasteiger charge is 2.21. The summed E-state index contributed by atoms with van der Waals surface area (Å²) in [5, 5.41) is 0. The quantitative estimate of drug-likeness (QED) is 0.539. The summed E-state index contributed by atoms with van der Waals surface area (Å²) >= 11 is 0. The van der Waals surface area contributed by atoms with Crippen molar-refractivity contribution in [1.82, 2.24) is 0 Å². The molecule has 9 heavy (non-hydrogen) atoms. The minimum atomic E-state index is -3.18. The maximum absolute atomic E-state index is 10.4. The van der Waals surface area contributed by atoms with Crippen LogP contribution in [0.15, 0.2) is 0 Å². The Morgan fingerprint density at radius 1 is 1.44 bits per heavy atom. The van der Waals surface area contributed by atoms with E-state index < -0.39 is 10.1 Å². The molecule has 0 aromatic carbocycles. The van der Waals surface area contributed by atoms with E-state index in [1.165, 1.54) is 0 Å². The zero-order valence-corrected chi connectivity index (χ0v) is 6.15. The van der Waals surface area contributed by atoms with E-state index >= 15 is 0 Å². The molecule has 3 nitrogen and oxygen atoms in total. The van der Waals surface area contributed by atoms with Gasteiger partial charge in [-0.05, 0) is 19.3 Å². The van der Waals surface area contributed by atoms with Gasteiger partial charge in [-0.1, -0.05) is 0 Å². The molecule has 1 aliphatic carbocycles. The Hall–Kier alpha value is -0.0900. The molecule has 0 unspecified atom stereocenters. The average molecular weight is 150 g/mol. The molecule has 0 saturated heterocycles. The molecule has 0 aliphatic heterocycles. The van der Waals surface area contributed by atoms with E-state index in [4.69, 9.17) is 0 Å². The maximum Gasteiger partial charge on any atom is 0.264 e. The fourth-order valence-corrected chi connectivity index (χ4v) is 1.40. The minimum Gasteiger partial charge on any atom is -0.267 e. The summed E-state index contributed by atoms with van der Waals surface area (Å²) < 4.78 is 25.5. The molecule has 1 fully saturated rings. The average Bonchev–Trinajstić information content (AvgIpc) is 1.53. The van der Waals surface area contributed by atoms with Gasteiger partial charge in [0.15, 0.2) is 0 Å². The molecular weight excluding hydrogens is 140 g/mol. The molecule has 1 rings (SSSR count). The highest BCUT2D eigenvalue weighted by molar-refractivity contribution is 7.86. The molecule has 1 aliphatic rings. The van der Waals surface area contributed by atoms with Crippen molar-refractivity contribution < 1.29 is 12.6 Å². The van der Waals surface area contributed by atoms with Gasteiger partial charge in [0, 0.05) is 0 Å². The van der Waals surface area contributed by atoms with Crippen molar-refractivity contribution in [3.05, 3.63) is 0 Å². The zero-order chi connectivity index (χ0) is 6.91. The molecule has 0 atom stereocenters. The lowest BCUT2D eigenvalue weighted by Crippen LogP contribution is -2.24. The lowest BCUT2D eigenvalue weighted by atomic mass is 9.97. The summed E-state index contributed by atoms with van der Waals surface area (Å²) in [7, 11) is -3.18. The van der Waals surface area contributed by atoms with E-state index in [0.717, 1.165) is 25.5 Å². The summed E-state index contributed by atoms with van der Waals surface area (Å²) in [6.45, 7) is 0. The van der Waals surface area contributed by atoms with Crippen molar-refractivity contribution in [1.29, 1.82) is 0 Å². The molecule has 0 N–H and O–H groups in total. The van der Waals surface area contributed by atoms with E-state index in [1.54, 1.807) is 0 Å². The van der Waals surface area contributed by atoms with E-state index in [9.17, 15) is 8.42 Å². The first-order chi connectivity index (χ1) is 4.08. The molecule has 54 valence electrons. The molecule has 0 aromatic heterocycles. The van der Waals surface area contributed by atoms with Crippen LogP contribution in [0.1, 0.15) is 19.3 Å². The third-order valence-electron chi connectivity index (χ3n) is 1.36. The van der Waals surface area contributed by atoms with Crippen molar-refractivity contribution in [2.45, 2.75) is 25.4 Å². The molecule has 0 amide bonds. The van der Waals surface area contributed by atoms with Gasteiger partial charge in [0.1, 0.15) is 0 Å². The first kappa shape index (κ1) is 7.02. The second kappa shape index (κ2) is 2.27. The second-order valence-electron chi connectivity index (χ2n) is 2.35. The normalized spacial score (nSPS) is 21.4. The first-order valence-corrected chi connectivity index (χ1v) is 4.78. The van der Waals surface area contributed by atoms with Gasteiger partial charge in [-0.2, -0.15) is 8.42 Å². The lowest BCUT2D eigenvalue weighted by molar-refractivity contribution is 0.129. The summed E-state index contributed by atoms with van der Waals surface area (Å²) in [5.41, 5.74) is 0. The Balaban J connectivity index is 2.33.